The van der Waals surface area contributed by atoms with Crippen molar-refractivity contribution in [2.45, 2.75) is 76.8 Å². The maximum atomic E-state index is 5.23. The fraction of sp³-hybridized carbons (Fsp3) is 0.769. The molecule has 0 N–H and O–H groups in total. The van der Waals surface area contributed by atoms with Crippen LogP contribution in [0, 0.1) is 0 Å². The summed E-state index contributed by atoms with van der Waals surface area (Å²) in [5, 5.41) is 0. The molecule has 0 aromatic heterocycles. The molecule has 4 saturated heterocycles. The van der Waals surface area contributed by atoms with Crippen molar-refractivity contribution in [3.8, 4) is 0 Å². The van der Waals surface area contributed by atoms with Gasteiger partial charge >= 0.3 is 0 Å². The first-order valence-electron chi connectivity index (χ1n) is 12.4. The van der Waals surface area contributed by atoms with Crippen molar-refractivity contribution in [1.82, 2.24) is 0 Å². The van der Waals surface area contributed by atoms with Gasteiger partial charge in [0.25, 0.3) is 0 Å². The number of rotatable bonds is 13. The van der Waals surface area contributed by atoms with Gasteiger partial charge in [-0.05, 0) is 0 Å². The molecule has 184 valence electrons. The second kappa shape index (κ2) is 18.4. The van der Waals surface area contributed by atoms with Crippen LogP contribution in [-0.4, -0.2) is 77.3 Å². The van der Waals surface area contributed by atoms with Gasteiger partial charge < -0.3 is 28.4 Å². The van der Waals surface area contributed by atoms with Gasteiger partial charge in [0.1, 0.15) is 24.4 Å². The third-order valence-electron chi connectivity index (χ3n) is 4.95. The molecule has 5 rings (SSSR count). The summed E-state index contributed by atoms with van der Waals surface area (Å²) in [4.78, 5) is 0. The van der Waals surface area contributed by atoms with Gasteiger partial charge in [-0.2, -0.15) is 0 Å². The van der Waals surface area contributed by atoms with Crippen molar-refractivity contribution in [3.63, 3.8) is 0 Å². The van der Waals surface area contributed by atoms with Crippen LogP contribution in [0.4, 0.5) is 0 Å². The van der Waals surface area contributed by atoms with Crippen molar-refractivity contribution in [2.75, 3.05) is 52.9 Å². The van der Waals surface area contributed by atoms with Crippen LogP contribution in [0.15, 0.2) is 36.4 Å². The number of unbranched alkanes of at least 4 members (excludes halogenated alkanes) is 5. The zero-order valence-corrected chi connectivity index (χ0v) is 20.1. The predicted octanol–water partition coefficient (Wildman–Crippen LogP) is 4.65. The molecule has 32 heavy (non-hydrogen) atoms. The molecule has 4 unspecified atom stereocenters. The first-order valence-corrected chi connectivity index (χ1v) is 12.4. The minimum Gasteiger partial charge on any atom is -0.376 e. The summed E-state index contributed by atoms with van der Waals surface area (Å²) < 4.78 is 30.2. The van der Waals surface area contributed by atoms with Crippen molar-refractivity contribution in [2.24, 2.45) is 0 Å². The molecule has 6 nitrogen and oxygen atoms in total. The van der Waals surface area contributed by atoms with Crippen molar-refractivity contribution in [3.05, 3.63) is 36.4 Å². The molecule has 4 fully saturated rings. The molecular weight excluding hydrogens is 408 g/mol. The molecule has 4 heterocycles. The Morgan fingerprint density at radius 1 is 0.500 bits per heavy atom. The van der Waals surface area contributed by atoms with E-state index in [9.17, 15) is 0 Å². The van der Waals surface area contributed by atoms with E-state index in [0.717, 1.165) is 52.9 Å². The largest absolute Gasteiger partial charge is 0.376 e. The fourth-order valence-electron chi connectivity index (χ4n) is 2.56. The Balaban J connectivity index is 0.000000153. The molecule has 4 atom stereocenters. The molecule has 0 bridgehead atoms. The lowest BCUT2D eigenvalue weighted by Gasteiger charge is -1.95. The topological polar surface area (TPSA) is 68.6 Å². The summed E-state index contributed by atoms with van der Waals surface area (Å²) in [5.74, 6) is 0. The third-order valence-corrected chi connectivity index (χ3v) is 4.95. The summed E-state index contributed by atoms with van der Waals surface area (Å²) in [7, 11) is 0. The van der Waals surface area contributed by atoms with Gasteiger partial charge in [-0.15, -0.1) is 0 Å². The van der Waals surface area contributed by atoms with E-state index in [0.29, 0.717) is 24.4 Å². The first-order chi connectivity index (χ1) is 15.8. The minimum atomic E-state index is 0.392. The second-order valence-electron chi connectivity index (χ2n) is 8.47. The van der Waals surface area contributed by atoms with Crippen LogP contribution in [0.3, 0.4) is 0 Å². The number of benzene rings is 1. The van der Waals surface area contributed by atoms with Crippen LogP contribution < -0.4 is 0 Å². The number of epoxide rings is 4. The van der Waals surface area contributed by atoms with E-state index < -0.39 is 0 Å². The molecule has 0 spiro atoms. The number of hydrogen-bond donors (Lipinski definition) is 0. The highest BCUT2D eigenvalue weighted by Crippen LogP contribution is 2.13. The van der Waals surface area contributed by atoms with Gasteiger partial charge in [-0.25, -0.2) is 0 Å². The highest BCUT2D eigenvalue weighted by atomic mass is 16.6. The van der Waals surface area contributed by atoms with Crippen LogP contribution in [0.25, 0.3) is 0 Å². The third kappa shape index (κ3) is 19.6. The maximum absolute atomic E-state index is 5.23. The number of hydrogen-bond acceptors (Lipinski definition) is 6. The molecule has 0 saturated carbocycles. The summed E-state index contributed by atoms with van der Waals surface area (Å²) in [6.45, 7) is 11.0. The molecule has 6 heteroatoms. The van der Waals surface area contributed by atoms with E-state index >= 15 is 0 Å². The Labute approximate surface area is 194 Å². The average molecular weight is 453 g/mol. The van der Waals surface area contributed by atoms with Gasteiger partial charge in [0.2, 0.25) is 0 Å². The van der Waals surface area contributed by atoms with Gasteiger partial charge in [-0.3, -0.25) is 0 Å². The lowest BCUT2D eigenvalue weighted by atomic mass is 10.1. The highest BCUT2D eigenvalue weighted by molar-refractivity contribution is 4.99. The molecule has 0 aliphatic carbocycles. The van der Waals surface area contributed by atoms with E-state index in [-0.39, 0.29) is 0 Å². The minimum absolute atomic E-state index is 0.392. The SMILES string of the molecule is C(OCC1CO1)C1CO1.C(OCC1CO1)C1CO1.CCCCCCCC.c1ccccc1. The van der Waals surface area contributed by atoms with Crippen molar-refractivity contribution < 1.29 is 28.4 Å². The Hall–Kier alpha value is -1.02. The fourth-order valence-corrected chi connectivity index (χ4v) is 2.56. The van der Waals surface area contributed by atoms with Gasteiger partial charge in [0.05, 0.1) is 52.9 Å². The molecule has 1 aromatic carbocycles. The number of ether oxygens (including phenoxy) is 6. The van der Waals surface area contributed by atoms with Crippen molar-refractivity contribution >= 4 is 0 Å². The average Bonchev–Trinajstić information content (AvgIpc) is 3.67. The summed E-state index contributed by atoms with van der Waals surface area (Å²) in [6.07, 6.45) is 10.1. The predicted molar refractivity (Wildman–Crippen MR) is 126 cm³/mol. The molecular formula is C26H44O6. The van der Waals surface area contributed by atoms with Crippen LogP contribution in [0.2, 0.25) is 0 Å². The lowest BCUT2D eigenvalue weighted by molar-refractivity contribution is 0.102. The van der Waals surface area contributed by atoms with Gasteiger partial charge in [0, 0.05) is 0 Å². The Kier molecular flexibility index (Phi) is 15.7. The maximum Gasteiger partial charge on any atom is 0.104 e. The second-order valence-corrected chi connectivity index (χ2v) is 8.47. The molecule has 0 amide bonds. The van der Waals surface area contributed by atoms with Gasteiger partial charge in [-0.1, -0.05) is 88.8 Å². The smallest absolute Gasteiger partial charge is 0.104 e. The van der Waals surface area contributed by atoms with Gasteiger partial charge in [0.15, 0.2) is 0 Å². The van der Waals surface area contributed by atoms with E-state index in [1.54, 1.807) is 0 Å². The lowest BCUT2D eigenvalue weighted by Crippen LogP contribution is -2.06. The van der Waals surface area contributed by atoms with Crippen LogP contribution in [0.1, 0.15) is 52.4 Å². The molecule has 4 aliphatic rings. The zero-order valence-electron chi connectivity index (χ0n) is 20.1. The molecule has 1 aromatic rings. The van der Waals surface area contributed by atoms with E-state index in [4.69, 9.17) is 28.4 Å². The molecule has 4 aliphatic heterocycles. The van der Waals surface area contributed by atoms with E-state index in [1.165, 1.54) is 38.5 Å². The summed E-state index contributed by atoms with van der Waals surface area (Å²) in [5.41, 5.74) is 0. The standard InChI is InChI=1S/C8H18.2C6H10O3.C6H6/c1-3-5-7-8-6-4-2;2*1(5-3-8-5)7-2-6-4-9-6;1-2-4-6-5-3-1/h3-8H2,1-2H3;2*5-6H,1-4H2;1-6H. The van der Waals surface area contributed by atoms with E-state index in [2.05, 4.69) is 13.8 Å². The zero-order chi connectivity index (χ0) is 22.7. The van der Waals surface area contributed by atoms with Crippen LogP contribution in [0.5, 0.6) is 0 Å². The normalized spacial score (nSPS) is 25.7. The van der Waals surface area contributed by atoms with Crippen molar-refractivity contribution in [1.29, 1.82) is 0 Å². The van der Waals surface area contributed by atoms with E-state index in [1.807, 2.05) is 36.4 Å². The van der Waals surface area contributed by atoms with Crippen LogP contribution in [-0.2, 0) is 28.4 Å². The highest BCUT2D eigenvalue weighted by Gasteiger charge is 2.27. The summed E-state index contributed by atoms with van der Waals surface area (Å²) in [6, 6.07) is 12.0. The first kappa shape index (κ1) is 27.2. The van der Waals surface area contributed by atoms with Crippen LogP contribution >= 0.6 is 0 Å². The Morgan fingerprint density at radius 3 is 0.938 bits per heavy atom. The Morgan fingerprint density at radius 2 is 0.750 bits per heavy atom. The summed E-state index contributed by atoms with van der Waals surface area (Å²) >= 11 is 0. The Bertz CT molecular complexity index is 430. The molecule has 0 radical (unpaired) electrons. The quantitative estimate of drug-likeness (QED) is 0.320. The monoisotopic (exact) mass is 452 g/mol.